The van der Waals surface area contributed by atoms with E-state index >= 15 is 0 Å². The Morgan fingerprint density at radius 3 is 2.65 bits per heavy atom. The van der Waals surface area contributed by atoms with Crippen molar-refractivity contribution in [3.8, 4) is 11.4 Å². The number of hydrogen-bond acceptors (Lipinski definition) is 7. The van der Waals surface area contributed by atoms with Crippen molar-refractivity contribution >= 4 is 39.0 Å². The largest absolute Gasteiger partial charge is 0.477 e. The minimum Gasteiger partial charge on any atom is -0.477 e. The number of anilines is 2. The Hall–Kier alpha value is -2.71. The van der Waals surface area contributed by atoms with Gasteiger partial charge in [0.25, 0.3) is 0 Å². The van der Waals surface area contributed by atoms with Crippen LogP contribution < -0.4 is 11.1 Å². The zero-order chi connectivity index (χ0) is 16.4. The Morgan fingerprint density at radius 1 is 1.26 bits per heavy atom. The topological polar surface area (TPSA) is 121 Å². The van der Waals surface area contributed by atoms with Crippen LogP contribution in [0.4, 0.5) is 11.5 Å². The molecule has 0 aliphatic heterocycles. The highest BCUT2D eigenvalue weighted by Crippen LogP contribution is 2.37. The number of aromatic carboxylic acids is 1. The van der Waals surface area contributed by atoms with E-state index in [4.69, 9.17) is 10.8 Å². The van der Waals surface area contributed by atoms with Crippen molar-refractivity contribution in [1.29, 1.82) is 0 Å². The quantitative estimate of drug-likeness (QED) is 0.565. The standard InChI is InChI=1S/C15H14N4O3S/c16-10-9-13(17-6-7-20)18-12(8-4-2-1-3-5-8)19-14(9)23-11(10)15(21)22/h1-5,20H,6-7,16H2,(H,21,22)(H,17,18,19). The Bertz CT molecular complexity index is 864. The van der Waals surface area contributed by atoms with Crippen molar-refractivity contribution in [3.63, 3.8) is 0 Å². The lowest BCUT2D eigenvalue weighted by molar-refractivity contribution is 0.0703. The fourth-order valence-corrected chi connectivity index (χ4v) is 3.13. The molecule has 5 N–H and O–H groups in total. The Balaban J connectivity index is 2.23. The molecule has 0 amide bonds. The molecule has 0 spiro atoms. The van der Waals surface area contributed by atoms with Crippen molar-refractivity contribution in [2.75, 3.05) is 24.2 Å². The minimum absolute atomic E-state index is 0.0339. The summed E-state index contributed by atoms with van der Waals surface area (Å²) in [7, 11) is 0. The number of benzene rings is 1. The van der Waals surface area contributed by atoms with Crippen LogP contribution in [0.3, 0.4) is 0 Å². The van der Waals surface area contributed by atoms with Crippen LogP contribution >= 0.6 is 11.3 Å². The van der Waals surface area contributed by atoms with Crippen LogP contribution in [0.25, 0.3) is 21.6 Å². The molecule has 0 saturated carbocycles. The molecule has 2 heterocycles. The first-order valence-electron chi connectivity index (χ1n) is 6.85. The first kappa shape index (κ1) is 15.2. The maximum absolute atomic E-state index is 11.3. The molecule has 0 aliphatic rings. The number of nitrogens with zero attached hydrogens (tertiary/aromatic N) is 2. The van der Waals surface area contributed by atoms with Crippen molar-refractivity contribution in [2.45, 2.75) is 0 Å². The summed E-state index contributed by atoms with van der Waals surface area (Å²) in [5, 5.41) is 21.7. The molecule has 118 valence electrons. The van der Waals surface area contributed by atoms with Crippen molar-refractivity contribution in [2.24, 2.45) is 0 Å². The fraction of sp³-hybridized carbons (Fsp3) is 0.133. The lowest BCUT2D eigenvalue weighted by atomic mass is 10.2. The third-order valence-corrected chi connectivity index (χ3v) is 4.31. The van der Waals surface area contributed by atoms with Gasteiger partial charge in [-0.1, -0.05) is 30.3 Å². The van der Waals surface area contributed by atoms with Crippen LogP contribution in [0.15, 0.2) is 30.3 Å². The predicted molar refractivity (Wildman–Crippen MR) is 89.8 cm³/mol. The molecule has 3 rings (SSSR count). The summed E-state index contributed by atoms with van der Waals surface area (Å²) < 4.78 is 0. The van der Waals surface area contributed by atoms with E-state index in [0.29, 0.717) is 21.9 Å². The van der Waals surface area contributed by atoms with Crippen molar-refractivity contribution in [3.05, 3.63) is 35.2 Å². The molecule has 0 aliphatic carbocycles. The van der Waals surface area contributed by atoms with E-state index in [2.05, 4.69) is 15.3 Å². The van der Waals surface area contributed by atoms with Gasteiger partial charge in [-0.05, 0) is 0 Å². The molecular formula is C15H14N4O3S. The molecule has 0 atom stereocenters. The van der Waals surface area contributed by atoms with Gasteiger partial charge in [0.1, 0.15) is 15.5 Å². The van der Waals surface area contributed by atoms with Gasteiger partial charge in [-0.2, -0.15) is 0 Å². The zero-order valence-electron chi connectivity index (χ0n) is 12.0. The summed E-state index contributed by atoms with van der Waals surface area (Å²) in [6.07, 6.45) is 0. The van der Waals surface area contributed by atoms with Gasteiger partial charge in [-0.25, -0.2) is 14.8 Å². The van der Waals surface area contributed by atoms with Crippen LogP contribution in [0.1, 0.15) is 9.67 Å². The van der Waals surface area contributed by atoms with Crippen LogP contribution in [-0.2, 0) is 0 Å². The highest BCUT2D eigenvalue weighted by molar-refractivity contribution is 7.21. The molecule has 1 aromatic carbocycles. The highest BCUT2D eigenvalue weighted by atomic mass is 32.1. The van der Waals surface area contributed by atoms with Gasteiger partial charge in [0.15, 0.2) is 5.82 Å². The van der Waals surface area contributed by atoms with E-state index in [1.165, 1.54) is 0 Å². The number of aromatic nitrogens is 2. The van der Waals surface area contributed by atoms with Crippen LogP contribution in [0, 0.1) is 0 Å². The molecule has 8 heteroatoms. The summed E-state index contributed by atoms with van der Waals surface area (Å²) in [6, 6.07) is 9.36. The van der Waals surface area contributed by atoms with E-state index in [1.807, 2.05) is 30.3 Å². The average Bonchev–Trinajstić information content (AvgIpc) is 2.90. The lowest BCUT2D eigenvalue weighted by Crippen LogP contribution is -2.09. The molecular weight excluding hydrogens is 316 g/mol. The smallest absolute Gasteiger partial charge is 0.348 e. The molecule has 23 heavy (non-hydrogen) atoms. The molecule has 0 saturated heterocycles. The van der Waals surface area contributed by atoms with Crippen LogP contribution in [0.5, 0.6) is 0 Å². The Labute approximate surface area is 135 Å². The first-order chi connectivity index (χ1) is 11.1. The summed E-state index contributed by atoms with van der Waals surface area (Å²) in [4.78, 5) is 20.7. The van der Waals surface area contributed by atoms with Crippen molar-refractivity contribution in [1.82, 2.24) is 9.97 Å². The first-order valence-corrected chi connectivity index (χ1v) is 7.67. The number of hydrogen-bond donors (Lipinski definition) is 4. The second kappa shape index (κ2) is 6.19. The third kappa shape index (κ3) is 2.81. The van der Waals surface area contributed by atoms with Gasteiger partial charge in [-0.3, -0.25) is 0 Å². The maximum Gasteiger partial charge on any atom is 0.348 e. The number of nitrogens with one attached hydrogen (secondary N) is 1. The predicted octanol–water partition coefficient (Wildman–Crippen LogP) is 2.04. The van der Waals surface area contributed by atoms with Gasteiger partial charge in [0.2, 0.25) is 0 Å². The van der Waals surface area contributed by atoms with Gasteiger partial charge >= 0.3 is 5.97 Å². The summed E-state index contributed by atoms with van der Waals surface area (Å²) in [5.41, 5.74) is 6.90. The van der Waals surface area contributed by atoms with Gasteiger partial charge in [0.05, 0.1) is 17.7 Å². The Morgan fingerprint density at radius 2 is 2.00 bits per heavy atom. The number of carbonyl (C=O) groups is 1. The number of nitrogen functional groups attached to an aromatic ring is 1. The van der Waals surface area contributed by atoms with Gasteiger partial charge in [0, 0.05) is 12.1 Å². The SMILES string of the molecule is Nc1c(C(=O)O)sc2nc(-c3ccccc3)nc(NCCO)c12. The maximum atomic E-state index is 11.3. The Kier molecular flexibility index (Phi) is 4.09. The summed E-state index contributed by atoms with van der Waals surface area (Å²) in [5.74, 6) is -0.208. The number of thiophene rings is 1. The van der Waals surface area contributed by atoms with Crippen LogP contribution in [0.2, 0.25) is 0 Å². The van der Waals surface area contributed by atoms with E-state index in [9.17, 15) is 9.90 Å². The summed E-state index contributed by atoms with van der Waals surface area (Å²) >= 11 is 1.01. The van der Waals surface area contributed by atoms with E-state index < -0.39 is 5.97 Å². The number of fused-ring (bicyclic) bond motifs is 1. The third-order valence-electron chi connectivity index (χ3n) is 3.22. The fourth-order valence-electron chi connectivity index (χ4n) is 2.20. The molecule has 0 radical (unpaired) electrons. The van der Waals surface area contributed by atoms with Crippen LogP contribution in [-0.4, -0.2) is 39.3 Å². The number of carboxylic acids is 1. The number of aliphatic hydroxyl groups excluding tert-OH is 1. The van der Waals surface area contributed by atoms with E-state index in [-0.39, 0.29) is 23.7 Å². The molecule has 0 fully saturated rings. The summed E-state index contributed by atoms with van der Waals surface area (Å²) in [6.45, 7) is 0.194. The number of aliphatic hydroxyl groups is 1. The average molecular weight is 330 g/mol. The highest BCUT2D eigenvalue weighted by Gasteiger charge is 2.21. The minimum atomic E-state index is -1.10. The number of carboxylic acid groups (broad SMARTS) is 1. The molecule has 0 bridgehead atoms. The normalized spacial score (nSPS) is 10.8. The van der Waals surface area contributed by atoms with Gasteiger partial charge in [-0.15, -0.1) is 11.3 Å². The molecule has 2 aromatic heterocycles. The van der Waals surface area contributed by atoms with E-state index in [1.54, 1.807) is 0 Å². The second-order valence-corrected chi connectivity index (χ2v) is 5.74. The molecule has 3 aromatic rings. The number of nitrogens with two attached hydrogens (primary N) is 1. The van der Waals surface area contributed by atoms with Gasteiger partial charge < -0.3 is 21.3 Å². The monoisotopic (exact) mass is 330 g/mol. The van der Waals surface area contributed by atoms with E-state index in [0.717, 1.165) is 16.9 Å². The molecule has 7 nitrogen and oxygen atoms in total. The number of rotatable bonds is 5. The molecule has 0 unspecified atom stereocenters. The van der Waals surface area contributed by atoms with Crippen molar-refractivity contribution < 1.29 is 15.0 Å². The second-order valence-electron chi connectivity index (χ2n) is 4.74. The zero-order valence-corrected chi connectivity index (χ0v) is 12.8. The lowest BCUT2D eigenvalue weighted by Gasteiger charge is -2.08.